The highest BCUT2D eigenvalue weighted by molar-refractivity contribution is 7.50. The molecule has 0 aliphatic carbocycles. The van der Waals surface area contributed by atoms with Crippen molar-refractivity contribution in [3.05, 3.63) is 16.7 Å². The summed E-state index contributed by atoms with van der Waals surface area (Å²) in [6, 6.07) is 0. The van der Waals surface area contributed by atoms with E-state index in [1.54, 1.807) is 0 Å². The first kappa shape index (κ1) is 19.5. The topological polar surface area (TPSA) is 184 Å². The van der Waals surface area contributed by atoms with Crippen molar-refractivity contribution in [2.75, 3.05) is 32.0 Å². The molecule has 3 heterocycles. The first-order valence-corrected chi connectivity index (χ1v) is 9.01. The Balaban J connectivity index is 0.00000225. The van der Waals surface area contributed by atoms with Crippen LogP contribution in [-0.2, 0) is 20.6 Å². The molecule has 0 radical (unpaired) electrons. The van der Waals surface area contributed by atoms with Crippen LogP contribution in [0.2, 0.25) is 0 Å². The number of imidazole rings is 1. The van der Waals surface area contributed by atoms with Crippen LogP contribution in [0.5, 0.6) is 0 Å². The average molecular weight is 375 g/mol. The van der Waals surface area contributed by atoms with Gasteiger partial charge in [0, 0.05) is 13.1 Å². The number of nitrogen functional groups attached to an aromatic ring is 1. The van der Waals surface area contributed by atoms with Gasteiger partial charge in [-0.15, -0.1) is 0 Å². The second-order valence-electron chi connectivity index (χ2n) is 5.36. The van der Waals surface area contributed by atoms with E-state index >= 15 is 0 Å². The average Bonchev–Trinajstić information content (AvgIpc) is 3.17. The Kier molecular flexibility index (Phi) is 6.27. The maximum atomic E-state index is 12.0. The van der Waals surface area contributed by atoms with Crippen molar-refractivity contribution in [3.63, 3.8) is 0 Å². The lowest BCUT2D eigenvalue weighted by Crippen LogP contribution is -2.18. The summed E-state index contributed by atoms with van der Waals surface area (Å²) in [5.41, 5.74) is 5.55. The lowest BCUT2D eigenvalue weighted by atomic mass is 10.4. The third-order valence-electron chi connectivity index (χ3n) is 3.65. The van der Waals surface area contributed by atoms with E-state index in [0.29, 0.717) is 18.7 Å². The molecule has 7 N–H and O–H groups in total. The number of nitrogens with zero attached hydrogens (tertiary/aromatic N) is 4. The molecule has 0 aromatic carbocycles. The second kappa shape index (κ2) is 8.04. The monoisotopic (exact) mass is 375 g/mol. The van der Waals surface area contributed by atoms with Crippen LogP contribution in [0.15, 0.2) is 11.1 Å². The molecule has 0 amide bonds. The van der Waals surface area contributed by atoms with Gasteiger partial charge in [0.1, 0.15) is 6.73 Å². The molecule has 2 aromatic rings. The minimum atomic E-state index is -3.73. The van der Waals surface area contributed by atoms with Gasteiger partial charge in [-0.1, -0.05) is 0 Å². The van der Waals surface area contributed by atoms with Gasteiger partial charge in [-0.2, -0.15) is 4.98 Å². The van der Waals surface area contributed by atoms with Crippen LogP contribution in [0.1, 0.15) is 12.8 Å². The van der Waals surface area contributed by atoms with E-state index in [9.17, 15) is 14.3 Å². The fourth-order valence-corrected chi connectivity index (χ4v) is 3.74. The molecule has 13 heteroatoms. The van der Waals surface area contributed by atoms with Crippen LogP contribution < -0.4 is 17.4 Å². The third kappa shape index (κ3) is 4.42. The highest BCUT2D eigenvalue weighted by Crippen LogP contribution is 2.47. The maximum absolute atomic E-state index is 12.0. The van der Waals surface area contributed by atoms with Crippen molar-refractivity contribution in [1.82, 2.24) is 30.3 Å². The van der Waals surface area contributed by atoms with Gasteiger partial charge in [0.25, 0.3) is 5.56 Å². The molecule has 1 aliphatic rings. The van der Waals surface area contributed by atoms with E-state index in [2.05, 4.69) is 15.0 Å². The number of H-pyrrole nitrogens is 1. The van der Waals surface area contributed by atoms with Gasteiger partial charge in [-0.25, -0.2) is 14.2 Å². The highest BCUT2D eigenvalue weighted by Gasteiger charge is 2.31. The van der Waals surface area contributed by atoms with Crippen molar-refractivity contribution in [2.45, 2.75) is 19.6 Å². The van der Waals surface area contributed by atoms with E-state index in [0.717, 1.165) is 12.8 Å². The predicted octanol–water partition coefficient (Wildman–Crippen LogP) is 0.0507. The van der Waals surface area contributed by atoms with Crippen LogP contribution in [0.3, 0.4) is 0 Å². The lowest BCUT2D eigenvalue weighted by Gasteiger charge is -2.21. The molecule has 1 atom stereocenters. The summed E-state index contributed by atoms with van der Waals surface area (Å²) < 4.78 is 25.4. The summed E-state index contributed by atoms with van der Waals surface area (Å²) in [6.45, 7) is 1.29. The van der Waals surface area contributed by atoms with E-state index in [1.807, 2.05) is 0 Å². The maximum Gasteiger partial charge on any atom is 0.405 e. The Morgan fingerprint density at radius 1 is 1.36 bits per heavy atom. The molecule has 2 aromatic heterocycles. The molecular formula is C12H22N7O5P. The molecule has 25 heavy (non-hydrogen) atoms. The van der Waals surface area contributed by atoms with Crippen molar-refractivity contribution in [2.24, 2.45) is 0 Å². The predicted molar refractivity (Wildman–Crippen MR) is 90.1 cm³/mol. The van der Waals surface area contributed by atoms with Crippen molar-refractivity contribution < 1.29 is 18.7 Å². The van der Waals surface area contributed by atoms with E-state index < -0.39 is 13.3 Å². The zero-order valence-electron chi connectivity index (χ0n) is 13.6. The Morgan fingerprint density at radius 2 is 2.08 bits per heavy atom. The molecule has 3 rings (SSSR count). The number of ether oxygens (including phenoxy) is 1. The van der Waals surface area contributed by atoms with Gasteiger partial charge in [-0.05, 0) is 12.8 Å². The molecule has 140 valence electrons. The minimum Gasteiger partial charge on any atom is -0.369 e. The van der Waals surface area contributed by atoms with E-state index in [1.165, 1.54) is 15.6 Å². The van der Waals surface area contributed by atoms with Gasteiger partial charge in [-0.3, -0.25) is 18.9 Å². The van der Waals surface area contributed by atoms with Crippen LogP contribution in [-0.4, -0.2) is 55.4 Å². The zero-order chi connectivity index (χ0) is 17.2. The number of fused-ring (bicyclic) bond motifs is 1. The van der Waals surface area contributed by atoms with Gasteiger partial charge < -0.3 is 21.5 Å². The van der Waals surface area contributed by atoms with Gasteiger partial charge in [0.2, 0.25) is 5.95 Å². The van der Waals surface area contributed by atoms with Crippen molar-refractivity contribution in [1.29, 1.82) is 0 Å². The highest BCUT2D eigenvalue weighted by atomic mass is 31.2. The molecule has 0 spiro atoms. The number of anilines is 1. The first-order chi connectivity index (χ1) is 11.5. The fourth-order valence-electron chi connectivity index (χ4n) is 2.48. The third-order valence-corrected chi connectivity index (χ3v) is 5.28. The van der Waals surface area contributed by atoms with Crippen LogP contribution in [0, 0.1) is 0 Å². The normalized spacial score (nSPS) is 17.5. The van der Waals surface area contributed by atoms with Crippen LogP contribution in [0.25, 0.3) is 11.2 Å². The first-order valence-electron chi connectivity index (χ1n) is 7.48. The molecular weight excluding hydrogens is 353 g/mol. The number of nitrogens with one attached hydrogen (secondary N) is 1. The summed E-state index contributed by atoms with van der Waals surface area (Å²) in [5, 5.41) is 0. The summed E-state index contributed by atoms with van der Waals surface area (Å²) >= 11 is 0. The SMILES string of the molecule is N.Nc1nc2c(ncn2COCCOP(=O)(O)N2CCCC2)c(=O)[nH]1. The van der Waals surface area contributed by atoms with Crippen LogP contribution >= 0.6 is 7.75 Å². The number of hydrogen-bond acceptors (Lipinski definition) is 8. The Morgan fingerprint density at radius 3 is 2.80 bits per heavy atom. The number of rotatable bonds is 7. The van der Waals surface area contributed by atoms with Crippen molar-refractivity contribution in [3.8, 4) is 0 Å². The standard InChI is InChI=1S/C12H19N6O5P.H3N/c13-12-15-10-9(11(19)16-12)14-7-17(10)8-22-5-6-23-24(20,21)18-3-1-2-4-18;/h7H,1-6,8H2,(H,20,21)(H3,13,15,16,19);1H3. The molecule has 1 saturated heterocycles. The summed E-state index contributed by atoms with van der Waals surface area (Å²) in [6.07, 6.45) is 3.20. The molecule has 12 nitrogen and oxygen atoms in total. The van der Waals surface area contributed by atoms with Crippen LogP contribution in [0.4, 0.5) is 5.95 Å². The number of nitrogens with two attached hydrogens (primary N) is 1. The summed E-state index contributed by atoms with van der Waals surface area (Å²) in [4.78, 5) is 31.8. The number of aromatic amines is 1. The number of aromatic nitrogens is 4. The van der Waals surface area contributed by atoms with Gasteiger partial charge >= 0.3 is 7.75 Å². The van der Waals surface area contributed by atoms with Crippen molar-refractivity contribution >= 4 is 24.9 Å². The lowest BCUT2D eigenvalue weighted by molar-refractivity contribution is 0.0494. The quantitative estimate of drug-likeness (QED) is 0.381. The Labute approximate surface area is 143 Å². The minimum absolute atomic E-state index is 0. The van der Waals surface area contributed by atoms with Gasteiger partial charge in [0.15, 0.2) is 11.2 Å². The fraction of sp³-hybridized carbons (Fsp3) is 0.583. The number of hydrogen-bond donors (Lipinski definition) is 4. The Hall–Kier alpha value is -1.82. The molecule has 0 bridgehead atoms. The largest absolute Gasteiger partial charge is 0.405 e. The molecule has 1 fully saturated rings. The summed E-state index contributed by atoms with van der Waals surface area (Å²) in [5.74, 6) is -0.00980. The molecule has 1 unspecified atom stereocenters. The van der Waals surface area contributed by atoms with E-state index in [4.69, 9.17) is 15.0 Å². The zero-order valence-corrected chi connectivity index (χ0v) is 14.5. The second-order valence-corrected chi connectivity index (χ2v) is 7.16. The molecule has 0 saturated carbocycles. The Bertz CT molecular complexity index is 816. The smallest absolute Gasteiger partial charge is 0.369 e. The summed E-state index contributed by atoms with van der Waals surface area (Å²) in [7, 11) is -3.73. The molecule has 1 aliphatic heterocycles. The van der Waals surface area contributed by atoms with Gasteiger partial charge in [0.05, 0.1) is 19.5 Å². The van der Waals surface area contributed by atoms with E-state index in [-0.39, 0.29) is 37.6 Å².